The number of anilines is 2. The molecule has 9 heteroatoms. The first-order valence-corrected chi connectivity index (χ1v) is 9.75. The van der Waals surface area contributed by atoms with Crippen molar-refractivity contribution in [2.24, 2.45) is 0 Å². The Labute approximate surface area is 155 Å². The first kappa shape index (κ1) is 20.8. The second kappa shape index (κ2) is 7.59. The van der Waals surface area contributed by atoms with E-state index < -0.39 is 34.2 Å². The largest absolute Gasteiger partial charge is 0.416 e. The molecular weight excluding hydrogens is 381 g/mol. The SMILES string of the molecule is Cc1ccc(NC(=O)CN(c2cccc(C(F)(F)F)c2)S(C)(=O)=O)cc1C. The van der Waals surface area contributed by atoms with Gasteiger partial charge in [0.15, 0.2) is 0 Å². The Morgan fingerprint density at radius 3 is 2.30 bits per heavy atom. The van der Waals surface area contributed by atoms with Crippen molar-refractivity contribution in [3.8, 4) is 0 Å². The number of rotatable bonds is 5. The lowest BCUT2D eigenvalue weighted by Gasteiger charge is -2.23. The van der Waals surface area contributed by atoms with E-state index in [2.05, 4.69) is 5.32 Å². The van der Waals surface area contributed by atoms with E-state index in [0.29, 0.717) is 16.1 Å². The van der Waals surface area contributed by atoms with Gasteiger partial charge in [0.2, 0.25) is 15.9 Å². The minimum Gasteiger partial charge on any atom is -0.325 e. The van der Waals surface area contributed by atoms with E-state index in [9.17, 15) is 26.4 Å². The van der Waals surface area contributed by atoms with Gasteiger partial charge in [-0.05, 0) is 55.3 Å². The Balaban J connectivity index is 2.27. The second-order valence-electron chi connectivity index (χ2n) is 6.16. The molecule has 0 heterocycles. The third-order valence-corrected chi connectivity index (χ3v) is 5.08. The van der Waals surface area contributed by atoms with E-state index >= 15 is 0 Å². The van der Waals surface area contributed by atoms with Gasteiger partial charge in [-0.15, -0.1) is 0 Å². The smallest absolute Gasteiger partial charge is 0.325 e. The van der Waals surface area contributed by atoms with Gasteiger partial charge < -0.3 is 5.32 Å². The van der Waals surface area contributed by atoms with Crippen LogP contribution in [0.4, 0.5) is 24.5 Å². The summed E-state index contributed by atoms with van der Waals surface area (Å²) in [6, 6.07) is 9.02. The van der Waals surface area contributed by atoms with Gasteiger partial charge in [0, 0.05) is 5.69 Å². The number of sulfonamides is 1. The molecule has 27 heavy (non-hydrogen) atoms. The molecule has 0 spiro atoms. The molecule has 5 nitrogen and oxygen atoms in total. The third-order valence-electron chi connectivity index (χ3n) is 3.94. The summed E-state index contributed by atoms with van der Waals surface area (Å²) < 4.78 is 63.4. The molecule has 1 N–H and O–H groups in total. The Hall–Kier alpha value is -2.55. The van der Waals surface area contributed by atoms with Crippen molar-refractivity contribution in [3.63, 3.8) is 0 Å². The Bertz CT molecular complexity index is 957. The summed E-state index contributed by atoms with van der Waals surface area (Å²) in [4.78, 5) is 12.3. The van der Waals surface area contributed by atoms with Crippen LogP contribution in [-0.2, 0) is 21.0 Å². The van der Waals surface area contributed by atoms with Crippen LogP contribution in [-0.4, -0.2) is 27.1 Å². The van der Waals surface area contributed by atoms with Crippen molar-refractivity contribution in [2.45, 2.75) is 20.0 Å². The fourth-order valence-electron chi connectivity index (χ4n) is 2.39. The van der Waals surface area contributed by atoms with E-state index in [0.717, 1.165) is 29.5 Å². The van der Waals surface area contributed by atoms with Gasteiger partial charge >= 0.3 is 6.18 Å². The van der Waals surface area contributed by atoms with E-state index in [4.69, 9.17) is 0 Å². The zero-order valence-electron chi connectivity index (χ0n) is 15.0. The molecular formula is C18H19F3N2O3S. The Morgan fingerprint density at radius 1 is 1.07 bits per heavy atom. The number of halogens is 3. The van der Waals surface area contributed by atoms with Gasteiger partial charge in [-0.25, -0.2) is 8.42 Å². The standard InChI is InChI=1S/C18H19F3N2O3S/c1-12-7-8-15(9-13(12)2)22-17(24)11-23(27(3,25)26)16-6-4-5-14(10-16)18(19,20)21/h4-10H,11H2,1-3H3,(H,22,24). The third kappa shape index (κ3) is 5.46. The number of nitrogens with zero attached hydrogens (tertiary/aromatic N) is 1. The molecule has 0 aliphatic heterocycles. The maximum absolute atomic E-state index is 12.9. The number of hydrogen-bond donors (Lipinski definition) is 1. The number of carbonyl (C=O) groups is 1. The molecule has 0 unspecified atom stereocenters. The van der Waals surface area contributed by atoms with Crippen LogP contribution in [0.15, 0.2) is 42.5 Å². The fourth-order valence-corrected chi connectivity index (χ4v) is 3.24. The van der Waals surface area contributed by atoms with Crippen LogP contribution < -0.4 is 9.62 Å². The van der Waals surface area contributed by atoms with Gasteiger partial charge in [-0.2, -0.15) is 13.2 Å². The van der Waals surface area contributed by atoms with Crippen molar-refractivity contribution in [1.82, 2.24) is 0 Å². The van der Waals surface area contributed by atoms with Crippen molar-refractivity contribution >= 4 is 27.3 Å². The lowest BCUT2D eigenvalue weighted by atomic mass is 10.1. The fraction of sp³-hybridized carbons (Fsp3) is 0.278. The number of alkyl halides is 3. The predicted molar refractivity (Wildman–Crippen MR) is 98.2 cm³/mol. The molecule has 1 amide bonds. The van der Waals surface area contributed by atoms with Gasteiger partial charge in [0.25, 0.3) is 0 Å². The number of benzene rings is 2. The summed E-state index contributed by atoms with van der Waals surface area (Å²) in [6.45, 7) is 3.11. The van der Waals surface area contributed by atoms with E-state index in [1.165, 1.54) is 6.07 Å². The minimum atomic E-state index is -4.62. The van der Waals surface area contributed by atoms with Gasteiger partial charge in [0.05, 0.1) is 17.5 Å². The summed E-state index contributed by atoms with van der Waals surface area (Å²) in [6.07, 6.45) is -3.79. The molecule has 0 aliphatic rings. The minimum absolute atomic E-state index is 0.234. The first-order chi connectivity index (χ1) is 12.4. The molecule has 2 aromatic rings. The van der Waals surface area contributed by atoms with E-state index in [-0.39, 0.29) is 5.69 Å². The highest BCUT2D eigenvalue weighted by molar-refractivity contribution is 7.92. The lowest BCUT2D eigenvalue weighted by Crippen LogP contribution is -2.37. The molecule has 0 fully saturated rings. The Morgan fingerprint density at radius 2 is 1.74 bits per heavy atom. The number of hydrogen-bond acceptors (Lipinski definition) is 3. The highest BCUT2D eigenvalue weighted by atomic mass is 32.2. The first-order valence-electron chi connectivity index (χ1n) is 7.90. The van der Waals surface area contributed by atoms with Crippen molar-refractivity contribution in [2.75, 3.05) is 22.4 Å². The van der Waals surface area contributed by atoms with E-state index in [1.54, 1.807) is 18.2 Å². The van der Waals surface area contributed by atoms with Crippen LogP contribution in [0.5, 0.6) is 0 Å². The summed E-state index contributed by atoms with van der Waals surface area (Å²) in [5.74, 6) is -0.666. The molecule has 0 bridgehead atoms. The zero-order chi connectivity index (χ0) is 20.4. The summed E-state index contributed by atoms with van der Waals surface area (Å²) in [7, 11) is -3.98. The van der Waals surface area contributed by atoms with Gasteiger partial charge in [0.1, 0.15) is 6.54 Å². The molecule has 2 rings (SSSR count). The van der Waals surface area contributed by atoms with Crippen LogP contribution in [0, 0.1) is 13.8 Å². The van der Waals surface area contributed by atoms with Crippen LogP contribution in [0.25, 0.3) is 0 Å². The average Bonchev–Trinajstić information content (AvgIpc) is 2.54. The van der Waals surface area contributed by atoms with E-state index in [1.807, 2.05) is 13.8 Å². The topological polar surface area (TPSA) is 66.5 Å². The molecule has 2 aromatic carbocycles. The zero-order valence-corrected chi connectivity index (χ0v) is 15.8. The van der Waals surface area contributed by atoms with Crippen LogP contribution in [0.3, 0.4) is 0 Å². The molecule has 0 aromatic heterocycles. The molecule has 146 valence electrons. The summed E-state index contributed by atoms with van der Waals surface area (Å²) >= 11 is 0. The average molecular weight is 400 g/mol. The molecule has 0 aliphatic carbocycles. The molecule has 0 saturated carbocycles. The lowest BCUT2D eigenvalue weighted by molar-refractivity contribution is -0.137. The number of aryl methyl sites for hydroxylation is 2. The summed E-state index contributed by atoms with van der Waals surface area (Å²) in [5.41, 5.74) is 1.20. The maximum atomic E-state index is 12.9. The van der Waals surface area contributed by atoms with Crippen LogP contribution >= 0.6 is 0 Å². The Kier molecular flexibility index (Phi) is 5.84. The molecule has 0 atom stereocenters. The van der Waals surface area contributed by atoms with Gasteiger partial charge in [-0.1, -0.05) is 12.1 Å². The number of nitrogens with one attached hydrogen (secondary N) is 1. The number of amides is 1. The second-order valence-corrected chi connectivity index (χ2v) is 8.07. The van der Waals surface area contributed by atoms with Crippen LogP contribution in [0.2, 0.25) is 0 Å². The van der Waals surface area contributed by atoms with Gasteiger partial charge in [-0.3, -0.25) is 9.10 Å². The van der Waals surface area contributed by atoms with Crippen molar-refractivity contribution in [1.29, 1.82) is 0 Å². The molecule has 0 radical (unpaired) electrons. The van der Waals surface area contributed by atoms with Crippen molar-refractivity contribution < 1.29 is 26.4 Å². The van der Waals surface area contributed by atoms with Crippen molar-refractivity contribution in [3.05, 3.63) is 59.2 Å². The highest BCUT2D eigenvalue weighted by Crippen LogP contribution is 2.32. The monoisotopic (exact) mass is 400 g/mol. The normalized spacial score (nSPS) is 11.9. The number of carbonyl (C=O) groups excluding carboxylic acids is 1. The maximum Gasteiger partial charge on any atom is 0.416 e. The summed E-state index contributed by atoms with van der Waals surface area (Å²) in [5, 5.41) is 2.56. The predicted octanol–water partition coefficient (Wildman–Crippen LogP) is 3.73. The quantitative estimate of drug-likeness (QED) is 0.832. The molecule has 0 saturated heterocycles. The van der Waals surface area contributed by atoms with Crippen LogP contribution in [0.1, 0.15) is 16.7 Å². The highest BCUT2D eigenvalue weighted by Gasteiger charge is 2.32.